The molecule has 0 spiro atoms. The van der Waals surface area contributed by atoms with Gasteiger partial charge in [0, 0.05) is 10.6 Å². The van der Waals surface area contributed by atoms with Crippen LogP contribution in [0.1, 0.15) is 0 Å². The van der Waals surface area contributed by atoms with Gasteiger partial charge >= 0.3 is 0 Å². The fourth-order valence-corrected chi connectivity index (χ4v) is 2.42. The third-order valence-corrected chi connectivity index (χ3v) is 3.40. The summed E-state index contributed by atoms with van der Waals surface area (Å²) >= 11 is 6.00. The van der Waals surface area contributed by atoms with Gasteiger partial charge in [0.05, 0.1) is 11.0 Å². The summed E-state index contributed by atoms with van der Waals surface area (Å²) in [6, 6.07) is 15.4. The average molecular weight is 281 g/mol. The fraction of sp³-hybridized carbons (Fsp3) is 0. The van der Waals surface area contributed by atoms with E-state index in [4.69, 9.17) is 11.6 Å². The Bertz CT molecular complexity index is 929. The SMILES string of the molecule is Clc1cccc(-c2ncn3c(n2)nc2ccccc23)c1. The van der Waals surface area contributed by atoms with Gasteiger partial charge in [-0.15, -0.1) is 0 Å². The number of aromatic nitrogens is 4. The van der Waals surface area contributed by atoms with Crippen molar-refractivity contribution in [2.75, 3.05) is 0 Å². The highest BCUT2D eigenvalue weighted by Gasteiger charge is 2.08. The van der Waals surface area contributed by atoms with Crippen LogP contribution in [-0.4, -0.2) is 19.4 Å². The second kappa shape index (κ2) is 4.28. The van der Waals surface area contributed by atoms with Gasteiger partial charge < -0.3 is 0 Å². The molecule has 0 radical (unpaired) electrons. The standard InChI is InChI=1S/C15H9ClN4/c16-11-5-3-4-10(8-11)14-17-9-20-13-7-2-1-6-12(13)18-15(20)19-14/h1-9H. The van der Waals surface area contributed by atoms with E-state index in [2.05, 4.69) is 15.0 Å². The van der Waals surface area contributed by atoms with Crippen molar-refractivity contribution in [3.05, 3.63) is 59.9 Å². The van der Waals surface area contributed by atoms with E-state index in [0.29, 0.717) is 16.6 Å². The molecule has 0 fully saturated rings. The lowest BCUT2D eigenvalue weighted by Gasteiger charge is -2.01. The monoisotopic (exact) mass is 280 g/mol. The van der Waals surface area contributed by atoms with Crippen LogP contribution in [0.15, 0.2) is 54.9 Å². The number of hydrogen-bond acceptors (Lipinski definition) is 3. The number of rotatable bonds is 1. The highest BCUT2D eigenvalue weighted by molar-refractivity contribution is 6.30. The molecule has 0 aliphatic rings. The Hall–Kier alpha value is -2.46. The summed E-state index contributed by atoms with van der Waals surface area (Å²) in [5.74, 6) is 1.26. The van der Waals surface area contributed by atoms with Gasteiger partial charge in [-0.3, -0.25) is 4.40 Å². The molecule has 2 aromatic carbocycles. The van der Waals surface area contributed by atoms with E-state index in [0.717, 1.165) is 16.6 Å². The lowest BCUT2D eigenvalue weighted by Crippen LogP contribution is -1.95. The molecule has 4 rings (SSSR count). The smallest absolute Gasteiger partial charge is 0.238 e. The molecule has 0 amide bonds. The number of nitrogens with zero attached hydrogens (tertiary/aromatic N) is 4. The Morgan fingerprint density at radius 1 is 0.950 bits per heavy atom. The second-order valence-electron chi connectivity index (χ2n) is 4.46. The van der Waals surface area contributed by atoms with E-state index in [9.17, 15) is 0 Å². The highest BCUT2D eigenvalue weighted by Crippen LogP contribution is 2.21. The van der Waals surface area contributed by atoms with E-state index in [1.807, 2.05) is 52.9 Å². The van der Waals surface area contributed by atoms with Crippen molar-refractivity contribution in [2.45, 2.75) is 0 Å². The van der Waals surface area contributed by atoms with Gasteiger partial charge in [-0.2, -0.15) is 4.98 Å². The normalized spacial score (nSPS) is 11.2. The second-order valence-corrected chi connectivity index (χ2v) is 4.90. The average Bonchev–Trinajstić information content (AvgIpc) is 2.85. The first kappa shape index (κ1) is 11.4. The van der Waals surface area contributed by atoms with E-state index in [1.54, 1.807) is 6.33 Å². The third-order valence-electron chi connectivity index (χ3n) is 3.16. The molecule has 0 aliphatic carbocycles. The first-order valence-corrected chi connectivity index (χ1v) is 6.55. The van der Waals surface area contributed by atoms with E-state index in [1.165, 1.54) is 0 Å². The lowest BCUT2D eigenvalue weighted by molar-refractivity contribution is 1.04. The maximum atomic E-state index is 6.00. The van der Waals surface area contributed by atoms with Gasteiger partial charge in [-0.1, -0.05) is 35.9 Å². The number of hydrogen-bond donors (Lipinski definition) is 0. The van der Waals surface area contributed by atoms with E-state index in [-0.39, 0.29) is 0 Å². The van der Waals surface area contributed by atoms with Crippen molar-refractivity contribution in [1.82, 2.24) is 19.4 Å². The van der Waals surface area contributed by atoms with Crippen molar-refractivity contribution >= 4 is 28.4 Å². The molecular formula is C15H9ClN4. The van der Waals surface area contributed by atoms with Crippen LogP contribution in [0.5, 0.6) is 0 Å². The molecule has 0 aliphatic heterocycles. The van der Waals surface area contributed by atoms with E-state index >= 15 is 0 Å². The molecule has 0 unspecified atom stereocenters. The molecule has 0 atom stereocenters. The molecular weight excluding hydrogens is 272 g/mol. The number of benzene rings is 2. The van der Waals surface area contributed by atoms with Crippen LogP contribution < -0.4 is 0 Å². The molecule has 2 aromatic heterocycles. The summed E-state index contributed by atoms with van der Waals surface area (Å²) in [5.41, 5.74) is 2.79. The molecule has 20 heavy (non-hydrogen) atoms. The Balaban J connectivity index is 1.97. The summed E-state index contributed by atoms with van der Waals surface area (Å²) < 4.78 is 1.88. The molecule has 96 valence electrons. The fourth-order valence-electron chi connectivity index (χ4n) is 2.23. The number of halogens is 1. The molecule has 0 saturated carbocycles. The Labute approximate surface area is 119 Å². The van der Waals surface area contributed by atoms with Crippen LogP contribution in [0.25, 0.3) is 28.2 Å². The minimum Gasteiger partial charge on any atom is -0.267 e. The molecule has 4 nitrogen and oxygen atoms in total. The zero-order chi connectivity index (χ0) is 13.5. The Morgan fingerprint density at radius 2 is 1.85 bits per heavy atom. The predicted molar refractivity (Wildman–Crippen MR) is 78.7 cm³/mol. The van der Waals surface area contributed by atoms with Crippen LogP contribution in [0.3, 0.4) is 0 Å². The van der Waals surface area contributed by atoms with Gasteiger partial charge in [0.25, 0.3) is 0 Å². The highest BCUT2D eigenvalue weighted by atomic mass is 35.5. The molecule has 0 N–H and O–H groups in total. The largest absolute Gasteiger partial charge is 0.267 e. The lowest BCUT2D eigenvalue weighted by atomic mass is 10.2. The van der Waals surface area contributed by atoms with Crippen LogP contribution in [0.2, 0.25) is 5.02 Å². The summed E-state index contributed by atoms with van der Waals surface area (Å²) in [4.78, 5) is 13.4. The maximum absolute atomic E-state index is 6.00. The zero-order valence-corrected chi connectivity index (χ0v) is 11.1. The summed E-state index contributed by atoms with van der Waals surface area (Å²) in [6.07, 6.45) is 1.74. The summed E-state index contributed by atoms with van der Waals surface area (Å²) in [6.45, 7) is 0. The number of para-hydroxylation sites is 2. The van der Waals surface area contributed by atoms with Crippen LogP contribution in [-0.2, 0) is 0 Å². The maximum Gasteiger partial charge on any atom is 0.238 e. The first-order valence-electron chi connectivity index (χ1n) is 6.17. The molecule has 2 heterocycles. The molecule has 4 aromatic rings. The van der Waals surface area contributed by atoms with Gasteiger partial charge in [0.1, 0.15) is 6.33 Å². The van der Waals surface area contributed by atoms with Crippen LogP contribution in [0, 0.1) is 0 Å². The predicted octanol–water partition coefficient (Wildman–Crippen LogP) is 3.60. The zero-order valence-electron chi connectivity index (χ0n) is 10.4. The van der Waals surface area contributed by atoms with Crippen LogP contribution in [0.4, 0.5) is 0 Å². The van der Waals surface area contributed by atoms with Crippen molar-refractivity contribution in [2.24, 2.45) is 0 Å². The van der Waals surface area contributed by atoms with Gasteiger partial charge in [-0.25, -0.2) is 9.97 Å². The topological polar surface area (TPSA) is 43.1 Å². The van der Waals surface area contributed by atoms with Crippen LogP contribution >= 0.6 is 11.6 Å². The van der Waals surface area contributed by atoms with Gasteiger partial charge in [-0.05, 0) is 24.3 Å². The van der Waals surface area contributed by atoms with Gasteiger partial charge in [0.15, 0.2) is 5.82 Å². The summed E-state index contributed by atoms with van der Waals surface area (Å²) in [5, 5.41) is 0.666. The first-order chi connectivity index (χ1) is 9.81. The summed E-state index contributed by atoms with van der Waals surface area (Å²) in [7, 11) is 0. The van der Waals surface area contributed by atoms with Crippen molar-refractivity contribution in [3.8, 4) is 11.4 Å². The number of imidazole rings is 1. The minimum absolute atomic E-state index is 0.621. The molecule has 0 bridgehead atoms. The number of fused-ring (bicyclic) bond motifs is 3. The minimum atomic E-state index is 0.621. The molecule has 5 heteroatoms. The molecule has 0 saturated heterocycles. The van der Waals surface area contributed by atoms with Gasteiger partial charge in [0.2, 0.25) is 5.78 Å². The third kappa shape index (κ3) is 1.73. The van der Waals surface area contributed by atoms with E-state index < -0.39 is 0 Å². The quantitative estimate of drug-likeness (QED) is 0.535. The Kier molecular flexibility index (Phi) is 2.44. The van der Waals surface area contributed by atoms with Crippen molar-refractivity contribution in [3.63, 3.8) is 0 Å². The Morgan fingerprint density at radius 3 is 2.75 bits per heavy atom. The van der Waals surface area contributed by atoms with Crippen molar-refractivity contribution in [1.29, 1.82) is 0 Å². The van der Waals surface area contributed by atoms with Crippen molar-refractivity contribution < 1.29 is 0 Å².